The minimum atomic E-state index is 0.0291. The Hall–Kier alpha value is -2.50. The summed E-state index contributed by atoms with van der Waals surface area (Å²) in [5.74, 6) is 1.14. The van der Waals surface area contributed by atoms with E-state index in [1.54, 1.807) is 25.3 Å². The number of ether oxygens (including phenoxy) is 2. The van der Waals surface area contributed by atoms with Crippen molar-refractivity contribution < 1.29 is 9.47 Å². The Kier molecular flexibility index (Phi) is 6.80. The zero-order valence-electron chi connectivity index (χ0n) is 12.6. The standard InChI is InChI=1S/C16H19N3O2/c1-19(2)8-5-9-21-16-14(10-13(11-17)12-18)6-4-7-15(16)20-3/h4,6-7,10H,5,8-9H2,1-3H3. The van der Waals surface area contributed by atoms with Gasteiger partial charge in [0.15, 0.2) is 11.5 Å². The van der Waals surface area contributed by atoms with Crippen molar-refractivity contribution in [2.45, 2.75) is 6.42 Å². The van der Waals surface area contributed by atoms with Crippen LogP contribution in [0.1, 0.15) is 12.0 Å². The van der Waals surface area contributed by atoms with E-state index in [0.29, 0.717) is 23.7 Å². The minimum absolute atomic E-state index is 0.0291. The lowest BCUT2D eigenvalue weighted by Gasteiger charge is -2.14. The topological polar surface area (TPSA) is 69.3 Å². The quantitative estimate of drug-likeness (QED) is 0.568. The molecule has 0 aliphatic heterocycles. The molecule has 0 aliphatic rings. The van der Waals surface area contributed by atoms with Crippen LogP contribution < -0.4 is 9.47 Å². The third kappa shape index (κ3) is 5.18. The first-order chi connectivity index (χ1) is 10.1. The Morgan fingerprint density at radius 2 is 2.00 bits per heavy atom. The average molecular weight is 285 g/mol. The summed E-state index contributed by atoms with van der Waals surface area (Å²) in [6, 6.07) is 9.06. The lowest BCUT2D eigenvalue weighted by atomic mass is 10.1. The van der Waals surface area contributed by atoms with Crippen LogP contribution in [0.15, 0.2) is 23.8 Å². The van der Waals surface area contributed by atoms with Crippen molar-refractivity contribution >= 4 is 6.08 Å². The average Bonchev–Trinajstić information content (AvgIpc) is 2.49. The zero-order valence-corrected chi connectivity index (χ0v) is 12.6. The molecule has 0 amide bonds. The molecule has 0 fully saturated rings. The summed E-state index contributed by atoms with van der Waals surface area (Å²) >= 11 is 0. The fraction of sp³-hybridized carbons (Fsp3) is 0.375. The molecule has 21 heavy (non-hydrogen) atoms. The number of nitriles is 2. The lowest BCUT2D eigenvalue weighted by Crippen LogP contribution is -2.15. The van der Waals surface area contributed by atoms with Crippen LogP contribution in [0, 0.1) is 22.7 Å². The molecule has 0 radical (unpaired) electrons. The first-order valence-electron chi connectivity index (χ1n) is 6.58. The number of benzene rings is 1. The first kappa shape index (κ1) is 16.6. The van der Waals surface area contributed by atoms with Gasteiger partial charge in [0.25, 0.3) is 0 Å². The number of rotatable bonds is 7. The molecule has 5 nitrogen and oxygen atoms in total. The van der Waals surface area contributed by atoms with Gasteiger partial charge in [0.1, 0.15) is 17.7 Å². The van der Waals surface area contributed by atoms with Gasteiger partial charge in [-0.25, -0.2) is 0 Å². The first-order valence-corrected chi connectivity index (χ1v) is 6.58. The third-order valence-corrected chi connectivity index (χ3v) is 2.77. The van der Waals surface area contributed by atoms with Gasteiger partial charge >= 0.3 is 0 Å². The van der Waals surface area contributed by atoms with Crippen LogP contribution in [0.2, 0.25) is 0 Å². The van der Waals surface area contributed by atoms with E-state index < -0.39 is 0 Å². The zero-order chi connectivity index (χ0) is 15.7. The van der Waals surface area contributed by atoms with E-state index in [9.17, 15) is 0 Å². The SMILES string of the molecule is COc1cccc(C=C(C#N)C#N)c1OCCCN(C)C. The highest BCUT2D eigenvalue weighted by atomic mass is 16.5. The Morgan fingerprint density at radius 3 is 2.57 bits per heavy atom. The molecule has 0 aromatic heterocycles. The van der Waals surface area contributed by atoms with Crippen LogP contribution in [-0.4, -0.2) is 39.3 Å². The molecule has 0 aliphatic carbocycles. The molecular formula is C16H19N3O2. The summed E-state index contributed by atoms with van der Waals surface area (Å²) in [6.07, 6.45) is 2.38. The minimum Gasteiger partial charge on any atom is -0.493 e. The van der Waals surface area contributed by atoms with Crippen molar-refractivity contribution in [1.82, 2.24) is 4.90 Å². The normalized spacial score (nSPS) is 9.62. The lowest BCUT2D eigenvalue weighted by molar-refractivity contribution is 0.268. The summed E-state index contributed by atoms with van der Waals surface area (Å²) in [6.45, 7) is 1.45. The summed E-state index contributed by atoms with van der Waals surface area (Å²) in [5, 5.41) is 17.7. The maximum absolute atomic E-state index is 8.86. The maximum atomic E-state index is 8.86. The van der Waals surface area contributed by atoms with E-state index in [-0.39, 0.29) is 5.57 Å². The largest absolute Gasteiger partial charge is 0.493 e. The number of hydrogen-bond acceptors (Lipinski definition) is 5. The van der Waals surface area contributed by atoms with Crippen LogP contribution in [0.5, 0.6) is 11.5 Å². The van der Waals surface area contributed by atoms with Gasteiger partial charge in [-0.1, -0.05) is 12.1 Å². The van der Waals surface area contributed by atoms with Gasteiger partial charge in [-0.15, -0.1) is 0 Å². The van der Waals surface area contributed by atoms with E-state index in [0.717, 1.165) is 13.0 Å². The fourth-order valence-corrected chi connectivity index (χ4v) is 1.76. The number of hydrogen-bond donors (Lipinski definition) is 0. The molecule has 1 rings (SSSR count). The van der Waals surface area contributed by atoms with Crippen molar-refractivity contribution in [2.75, 3.05) is 34.4 Å². The highest BCUT2D eigenvalue weighted by Crippen LogP contribution is 2.32. The van der Waals surface area contributed by atoms with Gasteiger partial charge in [0.05, 0.1) is 13.7 Å². The highest BCUT2D eigenvalue weighted by Gasteiger charge is 2.10. The van der Waals surface area contributed by atoms with Gasteiger partial charge in [-0.3, -0.25) is 0 Å². The molecule has 0 saturated carbocycles. The summed E-state index contributed by atoms with van der Waals surface area (Å²) in [7, 11) is 5.57. The van der Waals surface area contributed by atoms with Gasteiger partial charge in [0, 0.05) is 12.1 Å². The maximum Gasteiger partial charge on any atom is 0.168 e. The Balaban J connectivity index is 2.96. The monoisotopic (exact) mass is 285 g/mol. The van der Waals surface area contributed by atoms with Crippen molar-refractivity contribution in [3.05, 3.63) is 29.3 Å². The molecule has 0 unspecified atom stereocenters. The van der Waals surface area contributed by atoms with Gasteiger partial charge < -0.3 is 14.4 Å². The molecular weight excluding hydrogens is 266 g/mol. The van der Waals surface area contributed by atoms with Gasteiger partial charge in [0.2, 0.25) is 0 Å². The van der Waals surface area contributed by atoms with Crippen molar-refractivity contribution in [2.24, 2.45) is 0 Å². The Bertz CT molecular complexity index is 564. The molecule has 110 valence electrons. The second-order valence-corrected chi connectivity index (χ2v) is 4.67. The van der Waals surface area contributed by atoms with Crippen molar-refractivity contribution in [1.29, 1.82) is 10.5 Å². The summed E-state index contributed by atoms with van der Waals surface area (Å²) in [4.78, 5) is 2.08. The van der Waals surface area contributed by atoms with E-state index in [1.165, 1.54) is 6.08 Å². The number of allylic oxidation sites excluding steroid dienone is 1. The van der Waals surface area contributed by atoms with Crippen molar-refractivity contribution in [3.8, 4) is 23.6 Å². The van der Waals surface area contributed by atoms with Crippen LogP contribution >= 0.6 is 0 Å². The van der Waals surface area contributed by atoms with Crippen molar-refractivity contribution in [3.63, 3.8) is 0 Å². The molecule has 0 bridgehead atoms. The van der Waals surface area contributed by atoms with E-state index >= 15 is 0 Å². The third-order valence-electron chi connectivity index (χ3n) is 2.77. The fourth-order valence-electron chi connectivity index (χ4n) is 1.76. The van der Waals surface area contributed by atoms with Crippen LogP contribution in [0.3, 0.4) is 0 Å². The second kappa shape index (κ2) is 8.63. The molecule has 1 aromatic carbocycles. The predicted molar refractivity (Wildman–Crippen MR) is 80.9 cm³/mol. The molecule has 5 heteroatoms. The molecule has 0 N–H and O–H groups in total. The van der Waals surface area contributed by atoms with Crippen LogP contribution in [0.25, 0.3) is 6.08 Å². The molecule has 0 saturated heterocycles. The van der Waals surface area contributed by atoms with E-state index in [1.807, 2.05) is 26.2 Å². The second-order valence-electron chi connectivity index (χ2n) is 4.67. The van der Waals surface area contributed by atoms with Crippen LogP contribution in [0.4, 0.5) is 0 Å². The summed E-state index contributed by atoms with van der Waals surface area (Å²) in [5.41, 5.74) is 0.693. The highest BCUT2D eigenvalue weighted by molar-refractivity contribution is 5.68. The number of nitrogens with zero attached hydrogens (tertiary/aromatic N) is 3. The number of para-hydroxylation sites is 1. The molecule has 0 heterocycles. The smallest absolute Gasteiger partial charge is 0.168 e. The predicted octanol–water partition coefficient (Wildman–Crippen LogP) is 2.46. The van der Waals surface area contributed by atoms with E-state index in [2.05, 4.69) is 4.90 Å². The van der Waals surface area contributed by atoms with E-state index in [4.69, 9.17) is 20.0 Å². The number of methoxy groups -OCH3 is 1. The Labute approximate surface area is 125 Å². The van der Waals surface area contributed by atoms with Crippen LogP contribution in [-0.2, 0) is 0 Å². The molecule has 0 atom stereocenters. The molecule has 0 spiro atoms. The summed E-state index contributed by atoms with van der Waals surface area (Å²) < 4.78 is 11.1. The van der Waals surface area contributed by atoms with Gasteiger partial charge in [-0.2, -0.15) is 10.5 Å². The Morgan fingerprint density at radius 1 is 1.29 bits per heavy atom. The molecule has 1 aromatic rings. The van der Waals surface area contributed by atoms with Gasteiger partial charge in [-0.05, 0) is 32.7 Å².